The van der Waals surface area contributed by atoms with Crippen molar-refractivity contribution in [3.05, 3.63) is 47.1 Å². The van der Waals surface area contributed by atoms with Crippen LogP contribution in [0.15, 0.2) is 30.9 Å². The Bertz CT molecular complexity index is 787. The van der Waals surface area contributed by atoms with E-state index in [1.807, 2.05) is 0 Å². The smallest absolute Gasteiger partial charge is 0.417 e. The number of hydrogen-bond acceptors (Lipinski definition) is 6. The van der Waals surface area contributed by atoms with E-state index in [0.717, 1.165) is 6.20 Å². The van der Waals surface area contributed by atoms with Gasteiger partial charge in [-0.1, -0.05) is 11.6 Å². The largest absolute Gasteiger partial charge is 0.448 e. The molecule has 0 aliphatic rings. The number of amides is 1. The minimum atomic E-state index is -4.61. The molecule has 0 saturated carbocycles. The molecular weight excluding hydrogens is 365 g/mol. The van der Waals surface area contributed by atoms with Crippen molar-refractivity contribution in [1.82, 2.24) is 15.0 Å². The van der Waals surface area contributed by atoms with E-state index in [-0.39, 0.29) is 11.5 Å². The van der Waals surface area contributed by atoms with E-state index in [0.29, 0.717) is 12.3 Å². The first-order valence-electron chi connectivity index (χ1n) is 6.69. The Morgan fingerprint density at radius 3 is 2.52 bits per heavy atom. The topological polar surface area (TPSA) is 94.1 Å². The predicted molar refractivity (Wildman–Crippen MR) is 79.8 cm³/mol. The quantitative estimate of drug-likeness (QED) is 0.827. The number of alkyl halides is 3. The standard InChI is InChI=1S/C14H10ClF3N4O3/c1-7(25-13(24)10-6-19-2-3-20-10)12(23)22-11-9(15)4-8(5-21-11)14(16,17)18/h2-7H,1H3,(H,21,22,23)/t7-/m1/s1. The summed E-state index contributed by atoms with van der Waals surface area (Å²) in [6.07, 6.45) is -1.58. The molecule has 0 saturated heterocycles. The highest BCUT2D eigenvalue weighted by molar-refractivity contribution is 6.33. The molecule has 0 aliphatic heterocycles. The minimum absolute atomic E-state index is 0.104. The Labute approximate surface area is 144 Å². The molecule has 0 aromatic carbocycles. The zero-order chi connectivity index (χ0) is 18.6. The van der Waals surface area contributed by atoms with Crippen LogP contribution in [0.5, 0.6) is 0 Å². The van der Waals surface area contributed by atoms with Crippen LogP contribution in [0.4, 0.5) is 19.0 Å². The van der Waals surface area contributed by atoms with Crippen molar-refractivity contribution < 1.29 is 27.5 Å². The molecule has 2 aromatic heterocycles. The number of nitrogens with one attached hydrogen (secondary N) is 1. The highest BCUT2D eigenvalue weighted by Crippen LogP contribution is 2.32. The molecule has 0 aliphatic carbocycles. The third-order valence-corrected chi connectivity index (χ3v) is 3.12. The summed E-state index contributed by atoms with van der Waals surface area (Å²) in [6, 6.07) is 0.625. The van der Waals surface area contributed by atoms with Crippen LogP contribution < -0.4 is 5.32 Å². The molecule has 2 heterocycles. The zero-order valence-corrected chi connectivity index (χ0v) is 13.3. The van der Waals surface area contributed by atoms with E-state index >= 15 is 0 Å². The lowest BCUT2D eigenvalue weighted by atomic mass is 10.2. The van der Waals surface area contributed by atoms with Crippen LogP contribution in [0.25, 0.3) is 0 Å². The van der Waals surface area contributed by atoms with Crippen LogP contribution >= 0.6 is 11.6 Å². The van der Waals surface area contributed by atoms with Crippen molar-refractivity contribution in [3.8, 4) is 0 Å². The third-order valence-electron chi connectivity index (χ3n) is 2.84. The molecular formula is C14H10ClF3N4O3. The summed E-state index contributed by atoms with van der Waals surface area (Å²) in [5, 5.41) is 1.78. The SMILES string of the molecule is C[C@@H](OC(=O)c1cnccn1)C(=O)Nc1ncc(C(F)(F)F)cc1Cl. The molecule has 0 bridgehead atoms. The number of halogens is 4. The first-order chi connectivity index (χ1) is 11.7. The highest BCUT2D eigenvalue weighted by atomic mass is 35.5. The Balaban J connectivity index is 2.03. The van der Waals surface area contributed by atoms with Crippen molar-refractivity contribution in [2.75, 3.05) is 5.32 Å². The molecule has 11 heteroatoms. The van der Waals surface area contributed by atoms with Crippen LogP contribution in [0.1, 0.15) is 23.0 Å². The molecule has 0 unspecified atom stereocenters. The van der Waals surface area contributed by atoms with Gasteiger partial charge in [0, 0.05) is 18.6 Å². The van der Waals surface area contributed by atoms with Gasteiger partial charge < -0.3 is 10.1 Å². The Hall–Kier alpha value is -2.75. The minimum Gasteiger partial charge on any atom is -0.448 e. The monoisotopic (exact) mass is 374 g/mol. The Morgan fingerprint density at radius 2 is 1.96 bits per heavy atom. The van der Waals surface area contributed by atoms with E-state index in [1.165, 1.54) is 19.3 Å². The lowest BCUT2D eigenvalue weighted by Gasteiger charge is -2.14. The van der Waals surface area contributed by atoms with Gasteiger partial charge in [0.05, 0.1) is 16.8 Å². The number of aromatic nitrogens is 3. The lowest BCUT2D eigenvalue weighted by molar-refractivity contribution is -0.137. The van der Waals surface area contributed by atoms with Gasteiger partial charge in [0.2, 0.25) is 0 Å². The number of anilines is 1. The van der Waals surface area contributed by atoms with Gasteiger partial charge in [0.25, 0.3) is 5.91 Å². The van der Waals surface area contributed by atoms with E-state index in [9.17, 15) is 22.8 Å². The van der Waals surface area contributed by atoms with Crippen LogP contribution in [-0.4, -0.2) is 32.9 Å². The van der Waals surface area contributed by atoms with Crippen molar-refractivity contribution in [1.29, 1.82) is 0 Å². The first kappa shape index (κ1) is 18.6. The number of nitrogens with zero attached hydrogens (tertiary/aromatic N) is 3. The highest BCUT2D eigenvalue weighted by Gasteiger charge is 2.32. The number of rotatable bonds is 4. The van der Waals surface area contributed by atoms with Crippen LogP contribution in [0, 0.1) is 0 Å². The summed E-state index contributed by atoms with van der Waals surface area (Å²) < 4.78 is 42.5. The Kier molecular flexibility index (Phi) is 5.52. The molecule has 2 rings (SSSR count). The molecule has 2 aromatic rings. The van der Waals surface area contributed by atoms with Crippen LogP contribution in [-0.2, 0) is 15.7 Å². The van der Waals surface area contributed by atoms with Crippen molar-refractivity contribution in [3.63, 3.8) is 0 Å². The molecule has 7 nitrogen and oxygen atoms in total. The average Bonchev–Trinajstić information content (AvgIpc) is 2.56. The number of carbonyl (C=O) groups is 2. The number of hydrogen-bond donors (Lipinski definition) is 1. The van der Waals surface area contributed by atoms with Gasteiger partial charge in [0.1, 0.15) is 0 Å². The summed E-state index contributed by atoms with van der Waals surface area (Å²) in [7, 11) is 0. The zero-order valence-electron chi connectivity index (χ0n) is 12.5. The second-order valence-electron chi connectivity index (χ2n) is 4.68. The van der Waals surface area contributed by atoms with Gasteiger partial charge in [-0.25, -0.2) is 14.8 Å². The van der Waals surface area contributed by atoms with Gasteiger partial charge in [-0.15, -0.1) is 0 Å². The van der Waals surface area contributed by atoms with Crippen molar-refractivity contribution in [2.45, 2.75) is 19.2 Å². The van der Waals surface area contributed by atoms with E-state index < -0.39 is 34.7 Å². The number of ether oxygens (including phenoxy) is 1. The lowest BCUT2D eigenvalue weighted by Crippen LogP contribution is -2.30. The van der Waals surface area contributed by atoms with Crippen LogP contribution in [0.3, 0.4) is 0 Å². The van der Waals surface area contributed by atoms with E-state index in [2.05, 4.69) is 20.3 Å². The van der Waals surface area contributed by atoms with E-state index in [4.69, 9.17) is 16.3 Å². The normalized spacial score (nSPS) is 12.4. The summed E-state index contributed by atoms with van der Waals surface area (Å²) in [4.78, 5) is 34.6. The van der Waals surface area contributed by atoms with E-state index in [1.54, 1.807) is 0 Å². The van der Waals surface area contributed by atoms with Crippen LogP contribution in [0.2, 0.25) is 5.02 Å². The molecule has 1 amide bonds. The van der Waals surface area contributed by atoms with Gasteiger partial charge in [-0.3, -0.25) is 9.78 Å². The molecule has 1 atom stereocenters. The fourth-order valence-electron chi connectivity index (χ4n) is 1.58. The Morgan fingerprint density at radius 1 is 1.24 bits per heavy atom. The van der Waals surface area contributed by atoms with Crippen molar-refractivity contribution in [2.24, 2.45) is 0 Å². The average molecular weight is 375 g/mol. The molecule has 1 N–H and O–H groups in total. The number of carbonyl (C=O) groups excluding carboxylic acids is 2. The first-order valence-corrected chi connectivity index (χ1v) is 7.07. The van der Waals surface area contributed by atoms with Gasteiger partial charge in [-0.05, 0) is 13.0 Å². The molecule has 0 radical (unpaired) electrons. The maximum Gasteiger partial charge on any atom is 0.417 e. The van der Waals surface area contributed by atoms with Crippen molar-refractivity contribution >= 4 is 29.3 Å². The predicted octanol–water partition coefficient (Wildman–Crippen LogP) is 2.73. The van der Waals surface area contributed by atoms with Gasteiger partial charge >= 0.3 is 12.1 Å². The maximum atomic E-state index is 12.5. The number of esters is 1. The number of pyridine rings is 1. The third kappa shape index (κ3) is 4.86. The molecule has 25 heavy (non-hydrogen) atoms. The summed E-state index contributed by atoms with van der Waals surface area (Å²) in [5.74, 6) is -2.00. The summed E-state index contributed by atoms with van der Waals surface area (Å²) >= 11 is 5.68. The molecule has 0 fully saturated rings. The van der Waals surface area contributed by atoms with Gasteiger partial charge in [-0.2, -0.15) is 13.2 Å². The summed E-state index contributed by atoms with van der Waals surface area (Å²) in [6.45, 7) is 1.27. The van der Waals surface area contributed by atoms with Gasteiger partial charge in [0.15, 0.2) is 17.6 Å². The fraction of sp³-hybridized carbons (Fsp3) is 0.214. The fourth-order valence-corrected chi connectivity index (χ4v) is 1.80. The molecule has 132 valence electrons. The molecule has 0 spiro atoms. The second-order valence-corrected chi connectivity index (χ2v) is 5.09. The maximum absolute atomic E-state index is 12.5. The second kappa shape index (κ2) is 7.43. The summed E-state index contributed by atoms with van der Waals surface area (Å²) in [5.41, 5.74) is -1.16.